The highest BCUT2D eigenvalue weighted by Crippen LogP contribution is 2.38. The summed E-state index contributed by atoms with van der Waals surface area (Å²) in [5.41, 5.74) is 0. The summed E-state index contributed by atoms with van der Waals surface area (Å²) in [4.78, 5) is 37.3. The predicted octanol–water partition coefficient (Wildman–Crippen LogP) is 9.88. The van der Waals surface area contributed by atoms with Gasteiger partial charge >= 0.3 is 11.9 Å². The van der Waals surface area contributed by atoms with E-state index in [9.17, 15) is 19.0 Å². The van der Waals surface area contributed by atoms with Crippen molar-refractivity contribution in [3.8, 4) is 0 Å². The lowest BCUT2D eigenvalue weighted by atomic mass is 10.1. The largest absolute Gasteiger partial charge is 0.756 e. The minimum absolute atomic E-state index is 0.0433. The molecule has 9 nitrogen and oxygen atoms in total. The number of ether oxygens (including phenoxy) is 2. The second kappa shape index (κ2) is 33.5. The number of esters is 2. The topological polar surface area (TPSA) is 111 Å². The quantitative estimate of drug-likeness (QED) is 0.0211. The molecule has 0 heterocycles. The molecule has 1 unspecified atom stereocenters. The molecule has 0 aromatic heterocycles. The average molecular weight is 738 g/mol. The van der Waals surface area contributed by atoms with Gasteiger partial charge in [0.15, 0.2) is 6.10 Å². The maximum Gasteiger partial charge on any atom is 0.306 e. The normalized spacial score (nSPS) is 14.4. The van der Waals surface area contributed by atoms with E-state index < -0.39 is 32.5 Å². The fourth-order valence-corrected chi connectivity index (χ4v) is 5.48. The zero-order valence-electron chi connectivity index (χ0n) is 32.8. The smallest absolute Gasteiger partial charge is 0.306 e. The van der Waals surface area contributed by atoms with Gasteiger partial charge in [0.1, 0.15) is 19.8 Å². The zero-order chi connectivity index (χ0) is 37.9. The van der Waals surface area contributed by atoms with Gasteiger partial charge in [0, 0.05) is 12.8 Å². The Labute approximate surface area is 311 Å². The Morgan fingerprint density at radius 3 is 1.65 bits per heavy atom. The first kappa shape index (κ1) is 48.7. The first-order valence-electron chi connectivity index (χ1n) is 19.5. The summed E-state index contributed by atoms with van der Waals surface area (Å²) in [7, 11) is 1.12. The third-order valence-electron chi connectivity index (χ3n) is 7.80. The van der Waals surface area contributed by atoms with E-state index in [-0.39, 0.29) is 26.1 Å². The number of hydrogen-bond donors (Lipinski definition) is 0. The number of rotatable bonds is 34. The Kier molecular flexibility index (Phi) is 32.0. The van der Waals surface area contributed by atoms with E-state index in [0.29, 0.717) is 23.9 Å². The molecule has 0 saturated heterocycles. The van der Waals surface area contributed by atoms with Crippen LogP contribution in [0.5, 0.6) is 0 Å². The molecule has 0 aliphatic carbocycles. The minimum Gasteiger partial charge on any atom is -0.756 e. The lowest BCUT2D eigenvalue weighted by molar-refractivity contribution is -0.870. The molecule has 0 spiro atoms. The summed E-state index contributed by atoms with van der Waals surface area (Å²) >= 11 is 0. The highest BCUT2D eigenvalue weighted by molar-refractivity contribution is 7.45. The third-order valence-corrected chi connectivity index (χ3v) is 8.77. The van der Waals surface area contributed by atoms with Crippen molar-refractivity contribution < 1.29 is 42.1 Å². The van der Waals surface area contributed by atoms with Crippen molar-refractivity contribution in [3.05, 3.63) is 60.8 Å². The Balaban J connectivity index is 4.54. The maximum absolute atomic E-state index is 12.6. The second-order valence-electron chi connectivity index (χ2n) is 13.9. The minimum atomic E-state index is -4.63. The molecule has 0 aromatic rings. The summed E-state index contributed by atoms with van der Waals surface area (Å²) in [5.74, 6) is -0.910. The highest BCUT2D eigenvalue weighted by atomic mass is 31.2. The third kappa shape index (κ3) is 37.3. The summed E-state index contributed by atoms with van der Waals surface area (Å²) in [6.45, 7) is 4.00. The van der Waals surface area contributed by atoms with Gasteiger partial charge in [-0.2, -0.15) is 0 Å². The fraction of sp³-hybridized carbons (Fsp3) is 0.707. The summed E-state index contributed by atoms with van der Waals surface area (Å²) in [6, 6.07) is 0. The molecule has 0 radical (unpaired) electrons. The molecule has 294 valence electrons. The average Bonchev–Trinajstić information content (AvgIpc) is 3.07. The van der Waals surface area contributed by atoms with Gasteiger partial charge in [0.05, 0.1) is 27.7 Å². The molecule has 0 N–H and O–H groups in total. The number of nitrogens with zero attached hydrogens (tertiary/aromatic N) is 1. The molecule has 51 heavy (non-hydrogen) atoms. The number of phosphoric ester groups is 1. The standard InChI is InChI=1S/C41H72NO8P/c1-6-8-10-12-14-16-18-19-20-21-22-23-24-26-28-30-32-34-41(44)50-39(38-49-51(45,46)48-36-35-42(3,4)5)37-47-40(43)33-31-29-27-25-17-15-13-11-9-7-2/h8,10,14,16,19-20,22-23,26,28,39H,6-7,9,11-13,15,17-18,21,24-25,27,29-38H2,1-5H3/b10-8+,16-14+,20-19+,23-22+,28-26+/t39-/m1/s1. The summed E-state index contributed by atoms with van der Waals surface area (Å²) in [6.07, 6.45) is 38.3. The van der Waals surface area contributed by atoms with E-state index in [1.54, 1.807) is 0 Å². The molecule has 0 aliphatic rings. The van der Waals surface area contributed by atoms with E-state index in [1.165, 1.54) is 44.9 Å². The zero-order valence-corrected chi connectivity index (χ0v) is 33.7. The van der Waals surface area contributed by atoms with Crippen LogP contribution in [0.15, 0.2) is 60.8 Å². The number of phosphoric acid groups is 1. The maximum atomic E-state index is 12.6. The predicted molar refractivity (Wildman–Crippen MR) is 208 cm³/mol. The Hall–Kier alpha value is -2.29. The van der Waals surface area contributed by atoms with Crippen molar-refractivity contribution in [1.29, 1.82) is 0 Å². The van der Waals surface area contributed by atoms with Crippen LogP contribution in [0.25, 0.3) is 0 Å². The van der Waals surface area contributed by atoms with E-state index in [1.807, 2.05) is 27.2 Å². The fourth-order valence-electron chi connectivity index (χ4n) is 4.75. The number of quaternary nitrogens is 1. The van der Waals surface area contributed by atoms with Crippen molar-refractivity contribution in [2.24, 2.45) is 0 Å². The number of hydrogen-bond acceptors (Lipinski definition) is 8. The summed E-state index contributed by atoms with van der Waals surface area (Å²) < 4.78 is 33.7. The van der Waals surface area contributed by atoms with Gasteiger partial charge in [0.2, 0.25) is 0 Å². The van der Waals surface area contributed by atoms with Gasteiger partial charge in [-0.15, -0.1) is 0 Å². The second-order valence-corrected chi connectivity index (χ2v) is 15.3. The van der Waals surface area contributed by atoms with Crippen LogP contribution < -0.4 is 4.89 Å². The number of unbranched alkanes of at least 4 members (excludes halogenated alkanes) is 10. The van der Waals surface area contributed by atoms with Crippen LogP contribution in [0.2, 0.25) is 0 Å². The van der Waals surface area contributed by atoms with Gasteiger partial charge in [0.25, 0.3) is 7.82 Å². The summed E-state index contributed by atoms with van der Waals surface area (Å²) in [5, 5.41) is 0. The van der Waals surface area contributed by atoms with Crippen molar-refractivity contribution in [2.45, 2.75) is 142 Å². The molecular formula is C41H72NO8P. The molecule has 0 saturated carbocycles. The van der Waals surface area contributed by atoms with E-state index in [4.69, 9.17) is 18.5 Å². The molecule has 10 heteroatoms. The SMILES string of the molecule is CC/C=C/C/C=C/C/C=C/C/C=C/C/C=C/CCCC(=O)O[C@H](COC(=O)CCCCCCCCCCCC)COP(=O)([O-])OCC[N+](C)(C)C. The van der Waals surface area contributed by atoms with Crippen LogP contribution in [0.1, 0.15) is 136 Å². The van der Waals surface area contributed by atoms with Gasteiger partial charge in [-0.1, -0.05) is 132 Å². The van der Waals surface area contributed by atoms with Crippen molar-refractivity contribution in [3.63, 3.8) is 0 Å². The van der Waals surface area contributed by atoms with Gasteiger partial charge < -0.3 is 27.9 Å². The van der Waals surface area contributed by atoms with Crippen LogP contribution >= 0.6 is 7.82 Å². The van der Waals surface area contributed by atoms with Crippen LogP contribution in [0, 0.1) is 0 Å². The van der Waals surface area contributed by atoms with Crippen molar-refractivity contribution in [1.82, 2.24) is 0 Å². The molecule has 0 aliphatic heterocycles. The van der Waals surface area contributed by atoms with E-state index >= 15 is 0 Å². The Morgan fingerprint density at radius 2 is 1.12 bits per heavy atom. The molecule has 2 atom stereocenters. The molecule has 0 bridgehead atoms. The Morgan fingerprint density at radius 1 is 0.627 bits per heavy atom. The Bertz CT molecular complexity index is 1060. The van der Waals surface area contributed by atoms with Gasteiger partial charge in [-0.25, -0.2) is 0 Å². The highest BCUT2D eigenvalue weighted by Gasteiger charge is 2.21. The van der Waals surface area contributed by atoms with Crippen molar-refractivity contribution >= 4 is 19.8 Å². The molecular weight excluding hydrogens is 665 g/mol. The number of carbonyl (C=O) groups is 2. The van der Waals surface area contributed by atoms with E-state index in [0.717, 1.165) is 51.4 Å². The van der Waals surface area contributed by atoms with E-state index in [2.05, 4.69) is 68.5 Å². The van der Waals surface area contributed by atoms with Gasteiger partial charge in [-0.3, -0.25) is 14.2 Å². The first-order chi connectivity index (χ1) is 24.5. The monoisotopic (exact) mass is 737 g/mol. The number of likely N-dealkylation sites (N-methyl/N-ethyl adjacent to an activating group) is 1. The molecule has 0 fully saturated rings. The van der Waals surface area contributed by atoms with Crippen molar-refractivity contribution in [2.75, 3.05) is 47.5 Å². The van der Waals surface area contributed by atoms with Gasteiger partial charge in [-0.05, 0) is 51.4 Å². The van der Waals surface area contributed by atoms with Crippen LogP contribution in [-0.4, -0.2) is 70.0 Å². The first-order valence-corrected chi connectivity index (χ1v) is 21.0. The number of carbonyl (C=O) groups excluding carboxylic acids is 2. The van der Waals surface area contributed by atoms with Crippen LogP contribution in [0.3, 0.4) is 0 Å². The van der Waals surface area contributed by atoms with Crippen LogP contribution in [-0.2, 0) is 32.7 Å². The molecule has 0 amide bonds. The molecule has 0 rings (SSSR count). The molecule has 0 aromatic carbocycles. The van der Waals surface area contributed by atoms with Crippen LogP contribution in [0.4, 0.5) is 0 Å². The lowest BCUT2D eigenvalue weighted by Crippen LogP contribution is -2.37. The lowest BCUT2D eigenvalue weighted by Gasteiger charge is -2.28. The number of allylic oxidation sites excluding steroid dienone is 10.